The van der Waals surface area contributed by atoms with E-state index in [0.29, 0.717) is 0 Å². The molecule has 4 nitrogen and oxygen atoms in total. The van der Waals surface area contributed by atoms with Gasteiger partial charge in [0, 0.05) is 6.54 Å². The van der Waals surface area contributed by atoms with Gasteiger partial charge in [-0.05, 0) is 17.8 Å². The summed E-state index contributed by atoms with van der Waals surface area (Å²) in [5.74, 6) is -0.494. The van der Waals surface area contributed by atoms with Gasteiger partial charge in [-0.3, -0.25) is 4.79 Å². The van der Waals surface area contributed by atoms with Crippen molar-refractivity contribution < 1.29 is 9.45 Å². The summed E-state index contributed by atoms with van der Waals surface area (Å²) in [6.45, 7) is 1.60. The van der Waals surface area contributed by atoms with Crippen LogP contribution in [-0.2, 0) is 9.45 Å². The molecule has 1 unspecified atom stereocenters. The summed E-state index contributed by atoms with van der Waals surface area (Å²) >= 11 is 0. The van der Waals surface area contributed by atoms with Crippen LogP contribution in [0.4, 0.5) is 0 Å². The average molecular weight is 298 g/mol. The quantitative estimate of drug-likeness (QED) is 0.791. The van der Waals surface area contributed by atoms with Gasteiger partial charge in [-0.1, -0.05) is 67.6 Å². The van der Waals surface area contributed by atoms with Crippen LogP contribution in [-0.4, -0.2) is 25.5 Å². The molecule has 0 heterocycles. The summed E-state index contributed by atoms with van der Waals surface area (Å²) in [6.07, 6.45) is 0. The van der Waals surface area contributed by atoms with Crippen molar-refractivity contribution >= 4 is 23.8 Å². The SMILES string of the molecule is C.Cc1ccc(B(OC(=O)C(N)CN)c2ccccc2)cc1. The van der Waals surface area contributed by atoms with Gasteiger partial charge in [-0.15, -0.1) is 0 Å². The molecule has 2 aromatic rings. The number of aryl methyl sites for hydroxylation is 1. The van der Waals surface area contributed by atoms with Crippen molar-refractivity contribution in [2.75, 3.05) is 6.54 Å². The molecule has 0 aromatic heterocycles. The molecule has 0 spiro atoms. The molecule has 4 N–H and O–H groups in total. The molecule has 0 aliphatic heterocycles. The van der Waals surface area contributed by atoms with E-state index in [1.807, 2.05) is 61.5 Å². The third-order valence-corrected chi connectivity index (χ3v) is 3.27. The Morgan fingerprint density at radius 2 is 1.64 bits per heavy atom. The van der Waals surface area contributed by atoms with Gasteiger partial charge in [0.1, 0.15) is 6.04 Å². The minimum atomic E-state index is -0.804. The Kier molecular flexibility index (Phi) is 6.82. The van der Waals surface area contributed by atoms with Gasteiger partial charge in [-0.25, -0.2) is 0 Å². The zero-order valence-electron chi connectivity index (χ0n) is 12.0. The Morgan fingerprint density at radius 3 is 2.18 bits per heavy atom. The summed E-state index contributed by atoms with van der Waals surface area (Å²) in [5, 5.41) is 0. The third kappa shape index (κ3) is 4.45. The fourth-order valence-electron chi connectivity index (χ4n) is 2.00. The van der Waals surface area contributed by atoms with E-state index in [1.165, 1.54) is 0 Å². The predicted octanol–water partition coefficient (Wildman–Crippen LogP) is 0.566. The molecule has 0 fully saturated rings. The third-order valence-electron chi connectivity index (χ3n) is 3.27. The van der Waals surface area contributed by atoms with Crippen molar-refractivity contribution in [1.82, 2.24) is 0 Å². The Bertz CT molecular complexity index is 587. The normalized spacial score (nSPS) is 11.2. The molecule has 0 bridgehead atoms. The van der Waals surface area contributed by atoms with Crippen molar-refractivity contribution in [3.05, 3.63) is 60.2 Å². The zero-order chi connectivity index (χ0) is 15.2. The molecular formula is C17H23BN2O2. The standard InChI is InChI=1S/C16H19BN2O2.CH4/c1-12-7-9-14(10-8-12)17(13-5-3-2-4-6-13)21-16(20)15(19)11-18;/h2-10,15H,11,18-19H2,1H3;1H4. The molecule has 116 valence electrons. The second kappa shape index (κ2) is 8.36. The van der Waals surface area contributed by atoms with E-state index < -0.39 is 18.9 Å². The van der Waals surface area contributed by atoms with Crippen LogP contribution in [0.25, 0.3) is 0 Å². The lowest BCUT2D eigenvalue weighted by Crippen LogP contribution is -2.50. The van der Waals surface area contributed by atoms with E-state index in [2.05, 4.69) is 0 Å². The molecule has 0 aliphatic carbocycles. The largest absolute Gasteiger partial charge is 0.525 e. The summed E-state index contributed by atoms with van der Waals surface area (Å²) in [5.41, 5.74) is 14.0. The van der Waals surface area contributed by atoms with Gasteiger partial charge in [0.15, 0.2) is 0 Å². The first kappa shape index (κ1) is 17.9. The van der Waals surface area contributed by atoms with Crippen molar-refractivity contribution in [1.29, 1.82) is 0 Å². The van der Waals surface area contributed by atoms with Gasteiger partial charge in [-0.2, -0.15) is 0 Å². The first-order chi connectivity index (χ1) is 10.1. The molecule has 0 aliphatic rings. The van der Waals surface area contributed by atoms with Crippen molar-refractivity contribution in [3.8, 4) is 0 Å². The van der Waals surface area contributed by atoms with E-state index in [9.17, 15) is 4.79 Å². The second-order valence-corrected chi connectivity index (χ2v) is 4.98. The van der Waals surface area contributed by atoms with Crippen molar-refractivity contribution in [2.24, 2.45) is 11.5 Å². The molecule has 0 saturated carbocycles. The molecule has 2 rings (SSSR count). The van der Waals surface area contributed by atoms with Crippen LogP contribution in [0.15, 0.2) is 54.6 Å². The molecule has 2 aromatic carbocycles. The number of hydrogen-bond donors (Lipinski definition) is 2. The smallest absolute Gasteiger partial charge is 0.429 e. The van der Waals surface area contributed by atoms with Crippen LogP contribution in [0.2, 0.25) is 0 Å². The van der Waals surface area contributed by atoms with Crippen LogP contribution in [0.1, 0.15) is 13.0 Å². The maximum absolute atomic E-state index is 12.0. The maximum Gasteiger partial charge on any atom is 0.429 e. The summed E-state index contributed by atoms with van der Waals surface area (Å²) < 4.78 is 5.57. The Balaban J connectivity index is 0.00000242. The highest BCUT2D eigenvalue weighted by molar-refractivity contribution is 6.81. The molecule has 5 heteroatoms. The Labute approximate surface area is 132 Å². The average Bonchev–Trinajstić information content (AvgIpc) is 2.53. The minimum Gasteiger partial charge on any atom is -0.525 e. The summed E-state index contributed by atoms with van der Waals surface area (Å²) in [7, 11) is 0. The molecule has 0 radical (unpaired) electrons. The first-order valence-electron chi connectivity index (χ1n) is 6.89. The Morgan fingerprint density at radius 1 is 1.09 bits per heavy atom. The fraction of sp³-hybridized carbons (Fsp3) is 0.235. The Hall–Kier alpha value is -2.11. The number of hydrogen-bond acceptors (Lipinski definition) is 4. The number of nitrogens with two attached hydrogens (primary N) is 2. The maximum atomic E-state index is 12.0. The van der Waals surface area contributed by atoms with Gasteiger partial charge in [0.05, 0.1) is 0 Å². The van der Waals surface area contributed by atoms with Crippen LogP contribution >= 0.6 is 0 Å². The lowest BCUT2D eigenvalue weighted by Gasteiger charge is -2.17. The van der Waals surface area contributed by atoms with E-state index in [4.69, 9.17) is 16.1 Å². The predicted molar refractivity (Wildman–Crippen MR) is 92.5 cm³/mol. The summed E-state index contributed by atoms with van der Waals surface area (Å²) in [6, 6.07) is 16.7. The number of rotatable bonds is 5. The van der Waals surface area contributed by atoms with Gasteiger partial charge < -0.3 is 16.1 Å². The summed E-state index contributed by atoms with van der Waals surface area (Å²) in [4.78, 5) is 12.0. The van der Waals surface area contributed by atoms with E-state index >= 15 is 0 Å². The van der Waals surface area contributed by atoms with Gasteiger partial charge in [0.2, 0.25) is 0 Å². The molecule has 0 saturated heterocycles. The van der Waals surface area contributed by atoms with E-state index in [1.54, 1.807) is 0 Å². The zero-order valence-corrected chi connectivity index (χ0v) is 12.0. The van der Waals surface area contributed by atoms with Crippen molar-refractivity contribution in [3.63, 3.8) is 0 Å². The number of carbonyl (C=O) groups excluding carboxylic acids is 1. The highest BCUT2D eigenvalue weighted by atomic mass is 16.5. The van der Waals surface area contributed by atoms with Crippen molar-refractivity contribution in [2.45, 2.75) is 20.4 Å². The van der Waals surface area contributed by atoms with Gasteiger partial charge >= 0.3 is 12.9 Å². The van der Waals surface area contributed by atoms with E-state index in [0.717, 1.165) is 16.5 Å². The molecular weight excluding hydrogens is 275 g/mol. The van der Waals surface area contributed by atoms with Crippen LogP contribution in [0.5, 0.6) is 0 Å². The second-order valence-electron chi connectivity index (χ2n) is 4.98. The number of benzene rings is 2. The van der Waals surface area contributed by atoms with Gasteiger partial charge in [0.25, 0.3) is 0 Å². The fourth-order valence-corrected chi connectivity index (χ4v) is 2.00. The first-order valence-corrected chi connectivity index (χ1v) is 6.89. The topological polar surface area (TPSA) is 78.3 Å². The lowest BCUT2D eigenvalue weighted by atomic mass is 9.55. The van der Waals surface area contributed by atoms with Crippen LogP contribution < -0.4 is 22.4 Å². The molecule has 22 heavy (non-hydrogen) atoms. The highest BCUT2D eigenvalue weighted by Crippen LogP contribution is 1.99. The minimum absolute atomic E-state index is 0. The molecule has 1 atom stereocenters. The lowest BCUT2D eigenvalue weighted by molar-refractivity contribution is -0.135. The highest BCUT2D eigenvalue weighted by Gasteiger charge is 2.27. The van der Waals surface area contributed by atoms with Crippen LogP contribution in [0.3, 0.4) is 0 Å². The van der Waals surface area contributed by atoms with E-state index in [-0.39, 0.29) is 14.0 Å². The number of carbonyl (C=O) groups is 1. The molecule has 0 amide bonds. The van der Waals surface area contributed by atoms with Crippen LogP contribution in [0, 0.1) is 6.92 Å². The monoisotopic (exact) mass is 298 g/mol.